The molecule has 1 heterocycles. The zero-order valence-corrected chi connectivity index (χ0v) is 16.9. The highest BCUT2D eigenvalue weighted by Crippen LogP contribution is 2.22. The van der Waals surface area contributed by atoms with Crippen LogP contribution in [0, 0.1) is 13.8 Å². The van der Waals surface area contributed by atoms with E-state index >= 15 is 0 Å². The SMILES string of the molecule is Cc1ccc(-n2nnc(C(=O)Nc3ccccc3NC(=O)NC(C)C)c2C)cc1. The number of anilines is 2. The largest absolute Gasteiger partial charge is 0.336 e. The average molecular weight is 392 g/mol. The summed E-state index contributed by atoms with van der Waals surface area (Å²) in [6, 6.07) is 14.4. The molecule has 0 aliphatic heterocycles. The predicted molar refractivity (Wildman–Crippen MR) is 113 cm³/mol. The van der Waals surface area contributed by atoms with E-state index in [9.17, 15) is 9.59 Å². The predicted octanol–water partition coefficient (Wildman–Crippen LogP) is 3.67. The zero-order chi connectivity index (χ0) is 21.0. The minimum Gasteiger partial charge on any atom is -0.336 e. The first kappa shape index (κ1) is 20.1. The van der Waals surface area contributed by atoms with E-state index in [0.29, 0.717) is 17.1 Å². The summed E-state index contributed by atoms with van der Waals surface area (Å²) in [7, 11) is 0. The van der Waals surface area contributed by atoms with Crippen LogP contribution in [0.3, 0.4) is 0 Å². The average Bonchev–Trinajstić information content (AvgIpc) is 3.05. The number of para-hydroxylation sites is 2. The van der Waals surface area contributed by atoms with E-state index in [0.717, 1.165) is 11.3 Å². The summed E-state index contributed by atoms with van der Waals surface area (Å²) < 4.78 is 1.62. The lowest BCUT2D eigenvalue weighted by Crippen LogP contribution is -2.34. The fourth-order valence-corrected chi connectivity index (χ4v) is 2.77. The number of aryl methyl sites for hydroxylation is 1. The number of rotatable bonds is 5. The smallest absolute Gasteiger partial charge is 0.319 e. The molecule has 0 bridgehead atoms. The zero-order valence-electron chi connectivity index (χ0n) is 16.9. The van der Waals surface area contributed by atoms with Crippen LogP contribution in [-0.2, 0) is 0 Å². The van der Waals surface area contributed by atoms with Crippen molar-refractivity contribution in [2.75, 3.05) is 10.6 Å². The summed E-state index contributed by atoms with van der Waals surface area (Å²) >= 11 is 0. The molecular weight excluding hydrogens is 368 g/mol. The third-order valence-corrected chi connectivity index (χ3v) is 4.23. The maximum Gasteiger partial charge on any atom is 0.319 e. The summed E-state index contributed by atoms with van der Waals surface area (Å²) in [6.45, 7) is 7.53. The first-order valence-corrected chi connectivity index (χ1v) is 9.32. The molecule has 0 spiro atoms. The molecule has 0 aliphatic rings. The van der Waals surface area contributed by atoms with Crippen LogP contribution in [0.5, 0.6) is 0 Å². The Hall–Kier alpha value is -3.68. The van der Waals surface area contributed by atoms with E-state index in [1.807, 2.05) is 45.0 Å². The van der Waals surface area contributed by atoms with Crippen molar-refractivity contribution < 1.29 is 9.59 Å². The number of nitrogens with one attached hydrogen (secondary N) is 3. The van der Waals surface area contributed by atoms with Gasteiger partial charge in [0.1, 0.15) is 0 Å². The number of amides is 3. The highest BCUT2D eigenvalue weighted by atomic mass is 16.2. The normalized spacial score (nSPS) is 10.7. The lowest BCUT2D eigenvalue weighted by Gasteiger charge is -2.14. The number of carbonyl (C=O) groups is 2. The van der Waals surface area contributed by atoms with Gasteiger partial charge in [-0.05, 0) is 52.0 Å². The molecular formula is C21H24N6O2. The van der Waals surface area contributed by atoms with Crippen molar-refractivity contribution in [3.63, 3.8) is 0 Å². The number of carbonyl (C=O) groups excluding carboxylic acids is 2. The first-order chi connectivity index (χ1) is 13.8. The summed E-state index contributed by atoms with van der Waals surface area (Å²) in [5.74, 6) is -0.403. The van der Waals surface area contributed by atoms with E-state index in [2.05, 4.69) is 26.3 Å². The Morgan fingerprint density at radius 2 is 1.55 bits per heavy atom. The monoisotopic (exact) mass is 392 g/mol. The van der Waals surface area contributed by atoms with Crippen molar-refractivity contribution in [2.24, 2.45) is 0 Å². The van der Waals surface area contributed by atoms with E-state index in [1.54, 1.807) is 35.9 Å². The molecule has 3 amide bonds. The molecule has 3 aromatic rings. The number of urea groups is 1. The van der Waals surface area contributed by atoms with Gasteiger partial charge >= 0.3 is 6.03 Å². The molecule has 2 aromatic carbocycles. The minimum absolute atomic E-state index is 0.00350. The van der Waals surface area contributed by atoms with Crippen LogP contribution < -0.4 is 16.0 Å². The molecule has 3 rings (SSSR count). The summed E-state index contributed by atoms with van der Waals surface area (Å²) in [6.07, 6.45) is 0. The molecule has 29 heavy (non-hydrogen) atoms. The Morgan fingerprint density at radius 1 is 0.931 bits per heavy atom. The van der Waals surface area contributed by atoms with Crippen LogP contribution in [0.1, 0.15) is 35.6 Å². The molecule has 0 unspecified atom stereocenters. The van der Waals surface area contributed by atoms with Gasteiger partial charge < -0.3 is 16.0 Å². The van der Waals surface area contributed by atoms with Crippen LogP contribution in [0.15, 0.2) is 48.5 Å². The molecule has 150 valence electrons. The summed E-state index contributed by atoms with van der Waals surface area (Å²) in [5, 5.41) is 16.4. The minimum atomic E-state index is -0.403. The molecule has 8 nitrogen and oxygen atoms in total. The van der Waals surface area contributed by atoms with Crippen molar-refractivity contribution in [1.82, 2.24) is 20.3 Å². The second-order valence-electron chi connectivity index (χ2n) is 7.02. The third kappa shape index (κ3) is 4.78. The Bertz CT molecular complexity index is 1020. The highest BCUT2D eigenvalue weighted by molar-refractivity contribution is 6.06. The number of hydrogen-bond acceptors (Lipinski definition) is 4. The van der Waals surface area contributed by atoms with Crippen molar-refractivity contribution in [1.29, 1.82) is 0 Å². The van der Waals surface area contributed by atoms with E-state index in [4.69, 9.17) is 0 Å². The number of benzene rings is 2. The van der Waals surface area contributed by atoms with Crippen LogP contribution in [0.2, 0.25) is 0 Å². The maximum atomic E-state index is 12.8. The molecule has 3 N–H and O–H groups in total. The fourth-order valence-electron chi connectivity index (χ4n) is 2.77. The van der Waals surface area contributed by atoms with Gasteiger partial charge in [-0.1, -0.05) is 35.0 Å². The molecule has 0 fully saturated rings. The standard InChI is InChI=1S/C21H24N6O2/c1-13(2)22-21(29)24-18-8-6-5-7-17(18)23-20(28)19-15(4)27(26-25-19)16-11-9-14(3)10-12-16/h5-13H,1-4H3,(H,23,28)(H2,22,24,29). The topological polar surface area (TPSA) is 101 Å². The number of aromatic nitrogens is 3. The molecule has 0 atom stereocenters. The van der Waals surface area contributed by atoms with Crippen molar-refractivity contribution in [3.05, 3.63) is 65.5 Å². The van der Waals surface area contributed by atoms with Crippen LogP contribution in [0.4, 0.5) is 16.2 Å². The second kappa shape index (κ2) is 8.55. The maximum absolute atomic E-state index is 12.8. The van der Waals surface area contributed by atoms with Crippen LogP contribution >= 0.6 is 0 Å². The Kier molecular flexibility index (Phi) is 5.92. The number of hydrogen-bond donors (Lipinski definition) is 3. The lowest BCUT2D eigenvalue weighted by atomic mass is 10.2. The van der Waals surface area contributed by atoms with Crippen LogP contribution in [0.25, 0.3) is 5.69 Å². The van der Waals surface area contributed by atoms with Crippen molar-refractivity contribution >= 4 is 23.3 Å². The molecule has 0 aliphatic carbocycles. The summed E-state index contributed by atoms with van der Waals surface area (Å²) in [5.41, 5.74) is 3.76. The molecule has 1 aromatic heterocycles. The lowest BCUT2D eigenvalue weighted by molar-refractivity contribution is 0.102. The Morgan fingerprint density at radius 3 is 2.17 bits per heavy atom. The molecule has 8 heteroatoms. The highest BCUT2D eigenvalue weighted by Gasteiger charge is 2.19. The van der Waals surface area contributed by atoms with Crippen molar-refractivity contribution in [2.45, 2.75) is 33.7 Å². The van der Waals surface area contributed by atoms with E-state index < -0.39 is 5.91 Å². The first-order valence-electron chi connectivity index (χ1n) is 9.32. The van der Waals surface area contributed by atoms with Gasteiger partial charge in [0.05, 0.1) is 22.8 Å². The van der Waals surface area contributed by atoms with Crippen molar-refractivity contribution in [3.8, 4) is 5.69 Å². The molecule has 0 saturated carbocycles. The van der Waals surface area contributed by atoms with Gasteiger partial charge in [0.2, 0.25) is 0 Å². The van der Waals surface area contributed by atoms with Gasteiger partial charge in [-0.25, -0.2) is 9.48 Å². The molecule has 0 radical (unpaired) electrons. The Balaban J connectivity index is 1.79. The quantitative estimate of drug-likeness (QED) is 0.617. The van der Waals surface area contributed by atoms with Gasteiger partial charge in [-0.3, -0.25) is 4.79 Å². The van der Waals surface area contributed by atoms with Gasteiger partial charge in [-0.15, -0.1) is 5.10 Å². The van der Waals surface area contributed by atoms with Gasteiger partial charge in [0.15, 0.2) is 5.69 Å². The molecule has 0 saturated heterocycles. The summed E-state index contributed by atoms with van der Waals surface area (Å²) in [4.78, 5) is 24.8. The van der Waals surface area contributed by atoms with E-state index in [-0.39, 0.29) is 17.8 Å². The second-order valence-corrected chi connectivity index (χ2v) is 7.02. The van der Waals surface area contributed by atoms with E-state index in [1.165, 1.54) is 0 Å². The number of nitrogens with zero attached hydrogens (tertiary/aromatic N) is 3. The van der Waals surface area contributed by atoms with Crippen LogP contribution in [-0.4, -0.2) is 33.0 Å². The van der Waals surface area contributed by atoms with Gasteiger partial charge in [-0.2, -0.15) is 0 Å². The Labute approximate surface area is 169 Å². The third-order valence-electron chi connectivity index (χ3n) is 4.23. The fraction of sp³-hybridized carbons (Fsp3) is 0.238. The van der Waals surface area contributed by atoms with Gasteiger partial charge in [0, 0.05) is 6.04 Å². The van der Waals surface area contributed by atoms with Gasteiger partial charge in [0.25, 0.3) is 5.91 Å².